The molecule has 0 aliphatic heterocycles. The number of benzene rings is 1. The van der Waals surface area contributed by atoms with Crippen LogP contribution in [0.3, 0.4) is 0 Å². The van der Waals surface area contributed by atoms with Crippen LogP contribution in [0.1, 0.15) is 25.0 Å². The summed E-state index contributed by atoms with van der Waals surface area (Å²) in [5.41, 5.74) is 14.2. The molecule has 100 valence electrons. The van der Waals surface area contributed by atoms with Crippen LogP contribution in [0.2, 0.25) is 0 Å². The number of carbonyl (C=O) groups is 1. The van der Waals surface area contributed by atoms with Gasteiger partial charge < -0.3 is 16.4 Å². The van der Waals surface area contributed by atoms with Crippen molar-refractivity contribution in [2.45, 2.75) is 27.3 Å². The van der Waals surface area contributed by atoms with Crippen molar-refractivity contribution in [3.63, 3.8) is 0 Å². The highest BCUT2D eigenvalue weighted by atomic mass is 16.1. The number of primary amides is 1. The molecule has 0 spiro atoms. The minimum atomic E-state index is -0.307. The van der Waals surface area contributed by atoms with E-state index < -0.39 is 0 Å². The Morgan fingerprint density at radius 1 is 1.39 bits per heavy atom. The Hall–Kier alpha value is -1.55. The predicted molar refractivity (Wildman–Crippen MR) is 75.3 cm³/mol. The number of hydrogen-bond donors (Lipinski definition) is 2. The molecular weight excluding hydrogens is 226 g/mol. The van der Waals surface area contributed by atoms with Crippen molar-refractivity contribution in [1.82, 2.24) is 0 Å². The molecule has 1 rings (SSSR count). The molecule has 0 atom stereocenters. The Morgan fingerprint density at radius 2 is 2.06 bits per heavy atom. The van der Waals surface area contributed by atoms with Crippen LogP contribution in [-0.4, -0.2) is 19.0 Å². The molecule has 4 N–H and O–H groups in total. The predicted octanol–water partition coefficient (Wildman–Crippen LogP) is 1.40. The van der Waals surface area contributed by atoms with Crippen molar-refractivity contribution in [3.8, 4) is 0 Å². The van der Waals surface area contributed by atoms with Gasteiger partial charge in [0, 0.05) is 18.8 Å². The maximum atomic E-state index is 11.2. The standard InChI is InChI=1S/C14H23N3O/c1-10(2)8-17(9-14(16)18)13-5-4-12(7-15)6-11(13)3/h4-6,10H,7-9,15H2,1-3H3,(H2,16,18). The van der Waals surface area contributed by atoms with Crippen LogP contribution in [0, 0.1) is 12.8 Å². The van der Waals surface area contributed by atoms with E-state index in [0.717, 1.165) is 23.4 Å². The average Bonchev–Trinajstić information content (AvgIpc) is 2.26. The van der Waals surface area contributed by atoms with E-state index >= 15 is 0 Å². The van der Waals surface area contributed by atoms with E-state index in [1.165, 1.54) is 0 Å². The molecule has 0 heterocycles. The van der Waals surface area contributed by atoms with Gasteiger partial charge in [-0.1, -0.05) is 26.0 Å². The number of anilines is 1. The zero-order valence-electron chi connectivity index (χ0n) is 11.4. The van der Waals surface area contributed by atoms with Gasteiger partial charge in [0.05, 0.1) is 6.54 Å². The monoisotopic (exact) mass is 249 g/mol. The van der Waals surface area contributed by atoms with E-state index in [1.54, 1.807) is 0 Å². The lowest BCUT2D eigenvalue weighted by molar-refractivity contribution is -0.116. The molecule has 0 aliphatic carbocycles. The van der Waals surface area contributed by atoms with E-state index in [0.29, 0.717) is 12.5 Å². The SMILES string of the molecule is Cc1cc(CN)ccc1N(CC(N)=O)CC(C)C. The topological polar surface area (TPSA) is 72.3 Å². The molecule has 4 nitrogen and oxygen atoms in total. The van der Waals surface area contributed by atoms with Gasteiger partial charge in [0.15, 0.2) is 0 Å². The Balaban J connectivity index is 3.00. The minimum absolute atomic E-state index is 0.251. The van der Waals surface area contributed by atoms with Crippen molar-refractivity contribution in [3.05, 3.63) is 29.3 Å². The molecule has 1 amide bonds. The van der Waals surface area contributed by atoms with Crippen molar-refractivity contribution in [1.29, 1.82) is 0 Å². The number of hydrogen-bond acceptors (Lipinski definition) is 3. The first-order chi connectivity index (χ1) is 8.43. The van der Waals surface area contributed by atoms with Crippen LogP contribution in [0.4, 0.5) is 5.69 Å². The number of aryl methyl sites for hydroxylation is 1. The third kappa shape index (κ3) is 4.04. The summed E-state index contributed by atoms with van der Waals surface area (Å²) in [4.78, 5) is 13.2. The lowest BCUT2D eigenvalue weighted by Gasteiger charge is -2.27. The zero-order chi connectivity index (χ0) is 13.7. The van der Waals surface area contributed by atoms with Gasteiger partial charge in [-0.05, 0) is 30.0 Å². The molecule has 0 saturated carbocycles. The maximum Gasteiger partial charge on any atom is 0.236 e. The summed E-state index contributed by atoms with van der Waals surface area (Å²) >= 11 is 0. The lowest BCUT2D eigenvalue weighted by Crippen LogP contribution is -2.36. The van der Waals surface area contributed by atoms with Crippen LogP contribution in [-0.2, 0) is 11.3 Å². The highest BCUT2D eigenvalue weighted by molar-refractivity contribution is 5.80. The minimum Gasteiger partial charge on any atom is -0.368 e. The molecule has 4 heteroatoms. The molecule has 18 heavy (non-hydrogen) atoms. The summed E-state index contributed by atoms with van der Waals surface area (Å²) in [7, 11) is 0. The quantitative estimate of drug-likeness (QED) is 0.800. The second kappa shape index (κ2) is 6.40. The number of rotatable bonds is 6. The fourth-order valence-electron chi connectivity index (χ4n) is 2.08. The zero-order valence-corrected chi connectivity index (χ0v) is 11.4. The van der Waals surface area contributed by atoms with Gasteiger partial charge in [0.25, 0.3) is 0 Å². The van der Waals surface area contributed by atoms with Crippen LogP contribution < -0.4 is 16.4 Å². The first-order valence-corrected chi connectivity index (χ1v) is 6.27. The molecule has 0 bridgehead atoms. The van der Waals surface area contributed by atoms with Crippen LogP contribution >= 0.6 is 0 Å². The second-order valence-electron chi connectivity index (χ2n) is 5.07. The fraction of sp³-hybridized carbons (Fsp3) is 0.500. The van der Waals surface area contributed by atoms with E-state index in [2.05, 4.69) is 19.9 Å². The third-order valence-electron chi connectivity index (χ3n) is 2.77. The summed E-state index contributed by atoms with van der Waals surface area (Å²) < 4.78 is 0. The van der Waals surface area contributed by atoms with Crippen LogP contribution in [0.5, 0.6) is 0 Å². The Morgan fingerprint density at radius 3 is 2.50 bits per heavy atom. The average molecular weight is 249 g/mol. The Bertz CT molecular complexity index is 416. The first kappa shape index (κ1) is 14.5. The van der Waals surface area contributed by atoms with Crippen molar-refractivity contribution < 1.29 is 4.79 Å². The Kier molecular flexibility index (Phi) is 5.16. The normalized spacial score (nSPS) is 10.7. The highest BCUT2D eigenvalue weighted by Crippen LogP contribution is 2.22. The van der Waals surface area contributed by atoms with Crippen molar-refractivity contribution in [2.75, 3.05) is 18.0 Å². The van der Waals surface area contributed by atoms with Gasteiger partial charge in [-0.3, -0.25) is 4.79 Å². The molecule has 1 aromatic rings. The van der Waals surface area contributed by atoms with Crippen molar-refractivity contribution >= 4 is 11.6 Å². The van der Waals surface area contributed by atoms with E-state index in [-0.39, 0.29) is 12.5 Å². The number of carbonyl (C=O) groups excluding carboxylic acids is 1. The molecule has 0 radical (unpaired) electrons. The lowest BCUT2D eigenvalue weighted by atomic mass is 10.1. The van der Waals surface area contributed by atoms with Gasteiger partial charge in [-0.25, -0.2) is 0 Å². The van der Waals surface area contributed by atoms with E-state index in [4.69, 9.17) is 11.5 Å². The highest BCUT2D eigenvalue weighted by Gasteiger charge is 2.13. The van der Waals surface area contributed by atoms with E-state index in [9.17, 15) is 4.79 Å². The Labute approximate surface area is 109 Å². The fourth-order valence-corrected chi connectivity index (χ4v) is 2.08. The summed E-state index contributed by atoms with van der Waals surface area (Å²) in [6.07, 6.45) is 0. The number of nitrogens with two attached hydrogens (primary N) is 2. The van der Waals surface area contributed by atoms with Crippen LogP contribution in [0.25, 0.3) is 0 Å². The summed E-state index contributed by atoms with van der Waals surface area (Å²) in [5.74, 6) is 0.163. The van der Waals surface area contributed by atoms with Crippen LogP contribution in [0.15, 0.2) is 18.2 Å². The molecule has 0 saturated heterocycles. The second-order valence-corrected chi connectivity index (χ2v) is 5.07. The molecule has 0 unspecified atom stereocenters. The first-order valence-electron chi connectivity index (χ1n) is 6.27. The number of nitrogens with zero attached hydrogens (tertiary/aromatic N) is 1. The maximum absolute atomic E-state index is 11.2. The molecule has 0 aliphatic rings. The van der Waals surface area contributed by atoms with Gasteiger partial charge in [-0.2, -0.15) is 0 Å². The molecule has 1 aromatic carbocycles. The largest absolute Gasteiger partial charge is 0.368 e. The summed E-state index contributed by atoms with van der Waals surface area (Å²) in [5, 5.41) is 0. The van der Waals surface area contributed by atoms with Gasteiger partial charge in [-0.15, -0.1) is 0 Å². The van der Waals surface area contributed by atoms with Gasteiger partial charge >= 0.3 is 0 Å². The third-order valence-corrected chi connectivity index (χ3v) is 2.77. The molecule has 0 aromatic heterocycles. The van der Waals surface area contributed by atoms with Gasteiger partial charge in [0.2, 0.25) is 5.91 Å². The summed E-state index contributed by atoms with van der Waals surface area (Å²) in [6.45, 7) is 7.87. The number of amides is 1. The molecular formula is C14H23N3O. The van der Waals surface area contributed by atoms with Crippen molar-refractivity contribution in [2.24, 2.45) is 17.4 Å². The van der Waals surface area contributed by atoms with Gasteiger partial charge in [0.1, 0.15) is 0 Å². The smallest absolute Gasteiger partial charge is 0.236 e. The van der Waals surface area contributed by atoms with E-state index in [1.807, 2.05) is 24.0 Å². The molecule has 0 fully saturated rings. The summed E-state index contributed by atoms with van der Waals surface area (Å²) in [6, 6.07) is 6.07.